The minimum Gasteiger partial charge on any atom is -0.478 e. The van der Waals surface area contributed by atoms with Crippen molar-refractivity contribution in [3.05, 3.63) is 71.9 Å². The summed E-state index contributed by atoms with van der Waals surface area (Å²) in [5.41, 5.74) is 1.83. The Morgan fingerprint density at radius 2 is 1.78 bits per heavy atom. The fraction of sp³-hybridized carbons (Fsp3) is 0.0476. The Balaban J connectivity index is 1.48. The molecule has 1 amide bonds. The van der Waals surface area contributed by atoms with Crippen molar-refractivity contribution in [3.63, 3.8) is 0 Å². The molecule has 162 valence electrons. The molecule has 0 atom stereocenters. The highest BCUT2D eigenvalue weighted by Gasteiger charge is 2.31. The molecule has 0 aliphatic heterocycles. The average Bonchev–Trinajstić information content (AvgIpc) is 3.15. The predicted octanol–water partition coefficient (Wildman–Crippen LogP) is 4.47. The van der Waals surface area contributed by atoms with Gasteiger partial charge in [-0.3, -0.25) is 15.1 Å². The van der Waals surface area contributed by atoms with Gasteiger partial charge in [-0.1, -0.05) is 6.07 Å². The van der Waals surface area contributed by atoms with Gasteiger partial charge >= 0.3 is 12.3 Å². The van der Waals surface area contributed by atoms with E-state index < -0.39 is 18.2 Å². The second-order valence-electron chi connectivity index (χ2n) is 6.55. The maximum atomic E-state index is 12.5. The van der Waals surface area contributed by atoms with Gasteiger partial charge in [-0.25, -0.2) is 9.78 Å². The normalized spacial score (nSPS) is 11.3. The molecule has 0 fully saturated rings. The summed E-state index contributed by atoms with van der Waals surface area (Å²) in [5, 5.41) is 11.8. The number of hydrogen-bond donors (Lipinski definition) is 3. The Labute approximate surface area is 177 Å². The number of carbonyl (C=O) groups is 2. The molecule has 2 heterocycles. The summed E-state index contributed by atoms with van der Waals surface area (Å²) in [4.78, 5) is 34.9. The van der Waals surface area contributed by atoms with Crippen molar-refractivity contribution in [2.75, 3.05) is 5.32 Å². The van der Waals surface area contributed by atoms with Crippen LogP contribution < -0.4 is 10.1 Å². The Bertz CT molecular complexity index is 1300. The number of amides is 1. The van der Waals surface area contributed by atoms with Crippen molar-refractivity contribution in [1.29, 1.82) is 0 Å². The van der Waals surface area contributed by atoms with Crippen molar-refractivity contribution in [3.8, 4) is 17.0 Å². The summed E-state index contributed by atoms with van der Waals surface area (Å²) in [6, 6.07) is 12.8. The number of benzene rings is 2. The molecule has 32 heavy (non-hydrogen) atoms. The van der Waals surface area contributed by atoms with E-state index >= 15 is 0 Å². The number of aromatic carboxylic acids is 1. The lowest BCUT2D eigenvalue weighted by molar-refractivity contribution is -0.274. The van der Waals surface area contributed by atoms with Gasteiger partial charge in [0.15, 0.2) is 0 Å². The summed E-state index contributed by atoms with van der Waals surface area (Å²) in [6.45, 7) is 0. The van der Waals surface area contributed by atoms with Crippen LogP contribution >= 0.6 is 0 Å². The van der Waals surface area contributed by atoms with E-state index in [0.717, 1.165) is 12.1 Å². The predicted molar refractivity (Wildman–Crippen MR) is 107 cm³/mol. The molecular weight excluding hydrogens is 429 g/mol. The quantitative estimate of drug-likeness (QED) is 0.420. The van der Waals surface area contributed by atoms with Crippen LogP contribution in [0.4, 0.5) is 19.1 Å². The standard InChI is InChI=1S/C21H13F3N4O4/c22-21(23,24)32-13-7-4-11(5-8-13)15-9-6-12(10-25-15)18(29)28-20-26-16-3-1-2-14(19(30)31)17(16)27-20/h1-10H,(H,30,31)(H2,26,27,28,29). The van der Waals surface area contributed by atoms with E-state index in [9.17, 15) is 27.9 Å². The number of alkyl halides is 3. The molecule has 11 heteroatoms. The van der Waals surface area contributed by atoms with Crippen LogP contribution in [0.15, 0.2) is 60.8 Å². The van der Waals surface area contributed by atoms with Crippen LogP contribution in [0, 0.1) is 0 Å². The fourth-order valence-corrected chi connectivity index (χ4v) is 2.97. The van der Waals surface area contributed by atoms with Gasteiger partial charge in [-0.15, -0.1) is 13.2 Å². The van der Waals surface area contributed by atoms with Crippen molar-refractivity contribution in [1.82, 2.24) is 15.0 Å². The third kappa shape index (κ3) is 4.51. The van der Waals surface area contributed by atoms with Gasteiger partial charge < -0.3 is 14.8 Å². The average molecular weight is 442 g/mol. The Kier molecular flexibility index (Phi) is 5.23. The maximum Gasteiger partial charge on any atom is 0.573 e. The molecule has 0 bridgehead atoms. The van der Waals surface area contributed by atoms with E-state index in [0.29, 0.717) is 16.8 Å². The molecule has 4 rings (SSSR count). The Morgan fingerprint density at radius 3 is 2.41 bits per heavy atom. The fourth-order valence-electron chi connectivity index (χ4n) is 2.97. The number of carboxylic acid groups (broad SMARTS) is 1. The second kappa shape index (κ2) is 8.02. The van der Waals surface area contributed by atoms with Crippen LogP contribution in [0.3, 0.4) is 0 Å². The first-order chi connectivity index (χ1) is 15.2. The SMILES string of the molecule is O=C(Nc1nc2c(C(=O)O)cccc2[nH]1)c1ccc(-c2ccc(OC(F)(F)F)cc2)nc1. The van der Waals surface area contributed by atoms with Gasteiger partial charge in [0, 0.05) is 11.8 Å². The van der Waals surface area contributed by atoms with Crippen LogP contribution in [0.1, 0.15) is 20.7 Å². The highest BCUT2D eigenvalue weighted by molar-refractivity contribution is 6.05. The number of halogens is 3. The number of hydrogen-bond acceptors (Lipinski definition) is 5. The molecule has 0 spiro atoms. The number of anilines is 1. The molecule has 0 unspecified atom stereocenters. The number of fused-ring (bicyclic) bond motifs is 1. The molecule has 8 nitrogen and oxygen atoms in total. The van der Waals surface area contributed by atoms with Crippen LogP contribution in [-0.2, 0) is 0 Å². The highest BCUT2D eigenvalue weighted by atomic mass is 19.4. The summed E-state index contributed by atoms with van der Waals surface area (Å²) < 4.78 is 40.6. The number of rotatable bonds is 5. The lowest BCUT2D eigenvalue weighted by Crippen LogP contribution is -2.16. The Hall–Kier alpha value is -4.41. The van der Waals surface area contributed by atoms with Crippen LogP contribution in [0.2, 0.25) is 0 Å². The van der Waals surface area contributed by atoms with E-state index in [1.54, 1.807) is 12.1 Å². The van der Waals surface area contributed by atoms with Crippen molar-refractivity contribution in [2.45, 2.75) is 6.36 Å². The first-order valence-corrected chi connectivity index (χ1v) is 9.05. The topological polar surface area (TPSA) is 117 Å². The highest BCUT2D eigenvalue weighted by Crippen LogP contribution is 2.26. The van der Waals surface area contributed by atoms with Gasteiger partial charge in [0.1, 0.15) is 11.3 Å². The number of nitrogens with one attached hydrogen (secondary N) is 2. The largest absolute Gasteiger partial charge is 0.573 e. The molecule has 0 aliphatic rings. The van der Waals surface area contributed by atoms with Crippen LogP contribution in [0.5, 0.6) is 5.75 Å². The first kappa shape index (κ1) is 20.8. The number of imidazole rings is 1. The molecular formula is C21H13F3N4O4. The van der Waals surface area contributed by atoms with Gasteiger partial charge in [0.2, 0.25) is 5.95 Å². The zero-order chi connectivity index (χ0) is 22.9. The number of para-hydroxylation sites is 1. The van der Waals surface area contributed by atoms with Crippen LogP contribution in [-0.4, -0.2) is 38.3 Å². The van der Waals surface area contributed by atoms with E-state index in [2.05, 4.69) is 25.0 Å². The van der Waals surface area contributed by atoms with Gasteiger partial charge in [-0.05, 0) is 48.5 Å². The van der Waals surface area contributed by atoms with E-state index in [-0.39, 0.29) is 28.3 Å². The lowest BCUT2D eigenvalue weighted by atomic mass is 10.1. The number of carbonyl (C=O) groups excluding carboxylic acids is 1. The number of nitrogens with zero attached hydrogens (tertiary/aromatic N) is 2. The van der Waals surface area contributed by atoms with Crippen LogP contribution in [0.25, 0.3) is 22.3 Å². The molecule has 2 aromatic carbocycles. The minimum atomic E-state index is -4.77. The van der Waals surface area contributed by atoms with Crippen molar-refractivity contribution in [2.24, 2.45) is 0 Å². The summed E-state index contributed by atoms with van der Waals surface area (Å²) >= 11 is 0. The lowest BCUT2D eigenvalue weighted by Gasteiger charge is -2.09. The number of aromatic amines is 1. The number of carboxylic acids is 1. The van der Waals surface area contributed by atoms with Crippen molar-refractivity contribution >= 4 is 28.9 Å². The molecule has 3 N–H and O–H groups in total. The molecule has 2 aromatic heterocycles. The number of pyridine rings is 1. The number of H-pyrrole nitrogens is 1. The van der Waals surface area contributed by atoms with E-state index in [1.807, 2.05) is 0 Å². The molecule has 0 saturated heterocycles. The third-order valence-electron chi connectivity index (χ3n) is 4.38. The summed E-state index contributed by atoms with van der Waals surface area (Å²) in [5.74, 6) is -1.95. The van der Waals surface area contributed by atoms with E-state index in [4.69, 9.17) is 0 Å². The van der Waals surface area contributed by atoms with E-state index in [1.165, 1.54) is 36.5 Å². The number of ether oxygens (including phenoxy) is 1. The zero-order valence-corrected chi connectivity index (χ0v) is 16.0. The maximum absolute atomic E-state index is 12.5. The first-order valence-electron chi connectivity index (χ1n) is 9.05. The molecule has 4 aromatic rings. The summed E-state index contributed by atoms with van der Waals surface area (Å²) in [6.07, 6.45) is -3.47. The van der Waals surface area contributed by atoms with Gasteiger partial charge in [0.05, 0.1) is 22.3 Å². The summed E-state index contributed by atoms with van der Waals surface area (Å²) in [7, 11) is 0. The van der Waals surface area contributed by atoms with Gasteiger partial charge in [0.25, 0.3) is 5.91 Å². The monoisotopic (exact) mass is 442 g/mol. The smallest absolute Gasteiger partial charge is 0.478 e. The third-order valence-corrected chi connectivity index (χ3v) is 4.38. The molecule has 0 radical (unpaired) electrons. The molecule has 0 saturated carbocycles. The van der Waals surface area contributed by atoms with Crippen molar-refractivity contribution < 1.29 is 32.6 Å². The second-order valence-corrected chi connectivity index (χ2v) is 6.55. The molecule has 0 aliphatic carbocycles. The minimum absolute atomic E-state index is 0.00285. The Morgan fingerprint density at radius 1 is 1.03 bits per heavy atom. The van der Waals surface area contributed by atoms with Gasteiger partial charge in [-0.2, -0.15) is 0 Å². The zero-order valence-electron chi connectivity index (χ0n) is 16.0. The number of aromatic nitrogens is 3.